The summed E-state index contributed by atoms with van der Waals surface area (Å²) in [6.07, 6.45) is 1.76. The number of hydrogen-bond donors (Lipinski definition) is 1. The van der Waals surface area contributed by atoms with Crippen LogP contribution < -0.4 is 5.73 Å². The Bertz CT molecular complexity index is 473. The van der Waals surface area contributed by atoms with Crippen LogP contribution in [-0.4, -0.2) is 41.2 Å². The van der Waals surface area contributed by atoms with Crippen molar-refractivity contribution in [3.05, 3.63) is 5.56 Å². The number of carbonyl (C=O) groups excluding carboxylic acids is 2. The molecule has 1 rings (SSSR count). The van der Waals surface area contributed by atoms with Crippen LogP contribution in [0.1, 0.15) is 24.2 Å². The van der Waals surface area contributed by atoms with Crippen LogP contribution in [-0.2, 0) is 20.8 Å². The van der Waals surface area contributed by atoms with Crippen LogP contribution in [0.25, 0.3) is 0 Å². The molecule has 0 aliphatic carbocycles. The monoisotopic (exact) mass is 287 g/mol. The van der Waals surface area contributed by atoms with E-state index in [2.05, 4.69) is 5.10 Å². The van der Waals surface area contributed by atoms with Gasteiger partial charge in [0.15, 0.2) is 0 Å². The van der Waals surface area contributed by atoms with E-state index in [1.54, 1.807) is 20.1 Å². The van der Waals surface area contributed by atoms with Crippen LogP contribution in [0.3, 0.4) is 0 Å². The van der Waals surface area contributed by atoms with Gasteiger partial charge in [0.25, 0.3) is 0 Å². The fraction of sp³-hybridized carbons (Fsp3) is 0.545. The Morgan fingerprint density at radius 3 is 2.47 bits per heavy atom. The van der Waals surface area contributed by atoms with E-state index in [0.29, 0.717) is 5.03 Å². The van der Waals surface area contributed by atoms with E-state index in [-0.39, 0.29) is 31.1 Å². The summed E-state index contributed by atoms with van der Waals surface area (Å²) in [7, 11) is 0. The number of nitrogens with zero attached hydrogens (tertiary/aromatic N) is 2. The number of thioether (sulfide) groups is 1. The van der Waals surface area contributed by atoms with Crippen molar-refractivity contribution in [2.24, 2.45) is 0 Å². The number of rotatable bonds is 6. The number of anilines is 1. The van der Waals surface area contributed by atoms with Gasteiger partial charge < -0.3 is 15.2 Å². The first-order valence-electron chi connectivity index (χ1n) is 5.78. The summed E-state index contributed by atoms with van der Waals surface area (Å²) in [6.45, 7) is 3.81. The molecule has 0 atom stereocenters. The van der Waals surface area contributed by atoms with Gasteiger partial charge in [0.2, 0.25) is 0 Å². The second kappa shape index (κ2) is 7.03. The molecule has 0 saturated carbocycles. The van der Waals surface area contributed by atoms with Crippen LogP contribution in [0, 0.1) is 0 Å². The van der Waals surface area contributed by atoms with E-state index < -0.39 is 11.9 Å². The van der Waals surface area contributed by atoms with Gasteiger partial charge in [-0.3, -0.25) is 4.79 Å². The smallest absolute Gasteiger partial charge is 0.344 e. The summed E-state index contributed by atoms with van der Waals surface area (Å²) in [5.41, 5.74) is 6.03. The summed E-state index contributed by atoms with van der Waals surface area (Å²) >= 11 is 1.26. The van der Waals surface area contributed by atoms with Crippen molar-refractivity contribution in [2.75, 3.05) is 25.2 Å². The zero-order valence-electron chi connectivity index (χ0n) is 11.1. The van der Waals surface area contributed by atoms with E-state index >= 15 is 0 Å². The molecule has 0 unspecified atom stereocenters. The van der Waals surface area contributed by atoms with Gasteiger partial charge in [-0.05, 0) is 20.1 Å². The molecule has 7 nitrogen and oxygen atoms in total. The SMILES string of the molecule is CCOC(=O)Cn1nc(SC)c(C(=O)OCC)c1N. The highest BCUT2D eigenvalue weighted by atomic mass is 32.2. The number of hydrogen-bond acceptors (Lipinski definition) is 7. The van der Waals surface area contributed by atoms with Gasteiger partial charge in [0.05, 0.1) is 13.2 Å². The third kappa shape index (κ3) is 3.63. The normalized spacial score (nSPS) is 10.3. The van der Waals surface area contributed by atoms with Crippen molar-refractivity contribution < 1.29 is 19.1 Å². The van der Waals surface area contributed by atoms with Crippen molar-refractivity contribution in [2.45, 2.75) is 25.4 Å². The van der Waals surface area contributed by atoms with Crippen LogP contribution in [0.5, 0.6) is 0 Å². The number of carbonyl (C=O) groups is 2. The molecule has 2 N–H and O–H groups in total. The average molecular weight is 287 g/mol. The van der Waals surface area contributed by atoms with E-state index in [4.69, 9.17) is 15.2 Å². The van der Waals surface area contributed by atoms with E-state index in [9.17, 15) is 9.59 Å². The van der Waals surface area contributed by atoms with Gasteiger partial charge >= 0.3 is 11.9 Å². The van der Waals surface area contributed by atoms with Crippen molar-refractivity contribution in [1.82, 2.24) is 9.78 Å². The van der Waals surface area contributed by atoms with Crippen LogP contribution >= 0.6 is 11.8 Å². The molecule has 0 aliphatic heterocycles. The molecular weight excluding hydrogens is 270 g/mol. The Morgan fingerprint density at radius 1 is 1.32 bits per heavy atom. The predicted octanol–water partition coefficient (Wildman–Crippen LogP) is 0.927. The molecule has 0 saturated heterocycles. The molecule has 1 heterocycles. The number of esters is 2. The molecule has 0 radical (unpaired) electrons. The highest BCUT2D eigenvalue weighted by Gasteiger charge is 2.23. The van der Waals surface area contributed by atoms with Gasteiger partial charge in [-0.2, -0.15) is 5.10 Å². The number of aromatic nitrogens is 2. The average Bonchev–Trinajstić information content (AvgIpc) is 2.67. The second-order valence-corrected chi connectivity index (χ2v) is 4.25. The zero-order chi connectivity index (χ0) is 14.4. The fourth-order valence-corrected chi connectivity index (χ4v) is 2.01. The molecule has 8 heteroatoms. The topological polar surface area (TPSA) is 96.4 Å². The van der Waals surface area contributed by atoms with Crippen LogP contribution in [0.4, 0.5) is 5.82 Å². The van der Waals surface area contributed by atoms with Crippen molar-refractivity contribution >= 4 is 29.5 Å². The first-order chi connectivity index (χ1) is 9.04. The third-order valence-corrected chi connectivity index (χ3v) is 2.89. The molecule has 19 heavy (non-hydrogen) atoms. The summed E-state index contributed by atoms with van der Waals surface area (Å²) < 4.78 is 11.0. The largest absolute Gasteiger partial charge is 0.465 e. The Kier molecular flexibility index (Phi) is 5.68. The lowest BCUT2D eigenvalue weighted by molar-refractivity contribution is -0.144. The Balaban J connectivity index is 3.02. The standard InChI is InChI=1S/C11H17N3O4S/c1-4-17-7(15)6-14-9(12)8(10(13-14)19-3)11(16)18-5-2/h4-6,12H2,1-3H3. The zero-order valence-corrected chi connectivity index (χ0v) is 12.0. The van der Waals surface area contributed by atoms with E-state index in [1.807, 2.05) is 0 Å². The maximum atomic E-state index is 11.8. The summed E-state index contributed by atoms with van der Waals surface area (Å²) in [4.78, 5) is 23.2. The van der Waals surface area contributed by atoms with Crippen LogP contribution in [0.2, 0.25) is 0 Å². The summed E-state index contributed by atoms with van der Waals surface area (Å²) in [5, 5.41) is 4.54. The number of ether oxygens (including phenoxy) is 2. The minimum atomic E-state index is -0.542. The highest BCUT2D eigenvalue weighted by molar-refractivity contribution is 7.98. The third-order valence-electron chi connectivity index (χ3n) is 2.22. The highest BCUT2D eigenvalue weighted by Crippen LogP contribution is 2.25. The van der Waals surface area contributed by atoms with Crippen molar-refractivity contribution in [3.63, 3.8) is 0 Å². The minimum Gasteiger partial charge on any atom is -0.465 e. The molecule has 106 valence electrons. The maximum Gasteiger partial charge on any atom is 0.344 e. The Hall–Kier alpha value is -1.70. The molecule has 0 amide bonds. The second-order valence-electron chi connectivity index (χ2n) is 3.45. The lowest BCUT2D eigenvalue weighted by Gasteiger charge is -2.04. The predicted molar refractivity (Wildman–Crippen MR) is 71.0 cm³/mol. The molecule has 0 fully saturated rings. The first kappa shape index (κ1) is 15.4. The van der Waals surface area contributed by atoms with Gasteiger partial charge in [0, 0.05) is 0 Å². The van der Waals surface area contributed by atoms with Gasteiger partial charge in [-0.25, -0.2) is 9.48 Å². The van der Waals surface area contributed by atoms with Crippen molar-refractivity contribution in [3.8, 4) is 0 Å². The molecule has 0 bridgehead atoms. The summed E-state index contributed by atoms with van der Waals surface area (Å²) in [5.74, 6) is -0.893. The molecule has 0 spiro atoms. The van der Waals surface area contributed by atoms with E-state index in [0.717, 1.165) is 0 Å². The molecule has 1 aromatic heterocycles. The summed E-state index contributed by atoms with van der Waals surface area (Å²) in [6, 6.07) is 0. The Morgan fingerprint density at radius 2 is 1.95 bits per heavy atom. The van der Waals surface area contributed by atoms with Gasteiger partial charge in [-0.1, -0.05) is 0 Å². The van der Waals surface area contributed by atoms with Crippen molar-refractivity contribution in [1.29, 1.82) is 0 Å². The van der Waals surface area contributed by atoms with Gasteiger partial charge in [-0.15, -0.1) is 11.8 Å². The van der Waals surface area contributed by atoms with E-state index in [1.165, 1.54) is 16.4 Å². The molecule has 0 aliphatic rings. The lowest BCUT2D eigenvalue weighted by atomic mass is 10.3. The molecule has 0 aromatic carbocycles. The number of nitrogens with two attached hydrogens (primary N) is 1. The lowest BCUT2D eigenvalue weighted by Crippen LogP contribution is -2.17. The fourth-order valence-electron chi connectivity index (χ4n) is 1.44. The molecule has 1 aromatic rings. The quantitative estimate of drug-likeness (QED) is 0.614. The maximum absolute atomic E-state index is 11.8. The number of nitrogen functional groups attached to an aromatic ring is 1. The molecular formula is C11H17N3O4S. The Labute approximate surface area is 115 Å². The van der Waals surface area contributed by atoms with Crippen LogP contribution in [0.15, 0.2) is 5.03 Å². The first-order valence-corrected chi connectivity index (χ1v) is 7.00. The van der Waals surface area contributed by atoms with Gasteiger partial charge in [0.1, 0.15) is 23.0 Å². The minimum absolute atomic E-state index is 0.107.